The maximum atomic E-state index is 6.05. The minimum Gasteiger partial charge on any atom is -0.126 e. The fourth-order valence-corrected chi connectivity index (χ4v) is 3.26. The normalized spacial score (nSPS) is 44.2. The molecule has 0 amide bonds. The second kappa shape index (κ2) is 2.77. The van der Waals surface area contributed by atoms with Gasteiger partial charge in [-0.05, 0) is 49.9 Å². The number of allylic oxidation sites excluding steroid dienone is 1. The lowest BCUT2D eigenvalue weighted by atomic mass is 9.80. The molecule has 0 bridgehead atoms. The summed E-state index contributed by atoms with van der Waals surface area (Å²) >= 11 is 6.05. The van der Waals surface area contributed by atoms with Gasteiger partial charge in [0, 0.05) is 5.88 Å². The SMILES string of the molecule is C=C(C)CC1(CCl)CC2CC2C1. The van der Waals surface area contributed by atoms with Gasteiger partial charge in [0.2, 0.25) is 0 Å². The molecule has 0 radical (unpaired) electrons. The molecule has 2 aliphatic carbocycles. The summed E-state index contributed by atoms with van der Waals surface area (Å²) in [4.78, 5) is 0. The van der Waals surface area contributed by atoms with Gasteiger partial charge in [0.15, 0.2) is 0 Å². The number of hydrogen-bond donors (Lipinski definition) is 0. The number of halogens is 1. The van der Waals surface area contributed by atoms with Crippen molar-refractivity contribution >= 4 is 11.6 Å². The van der Waals surface area contributed by atoms with Crippen molar-refractivity contribution < 1.29 is 0 Å². The first-order chi connectivity index (χ1) is 5.65. The van der Waals surface area contributed by atoms with Gasteiger partial charge in [0.05, 0.1) is 0 Å². The smallest absolute Gasteiger partial charge is 0.0283 e. The van der Waals surface area contributed by atoms with Crippen molar-refractivity contribution in [1.82, 2.24) is 0 Å². The van der Waals surface area contributed by atoms with Gasteiger partial charge >= 0.3 is 0 Å². The summed E-state index contributed by atoms with van der Waals surface area (Å²) in [5.74, 6) is 2.90. The Morgan fingerprint density at radius 3 is 2.50 bits per heavy atom. The van der Waals surface area contributed by atoms with Crippen molar-refractivity contribution in [3.05, 3.63) is 12.2 Å². The van der Waals surface area contributed by atoms with Crippen molar-refractivity contribution in [2.24, 2.45) is 17.3 Å². The molecule has 2 aliphatic rings. The van der Waals surface area contributed by atoms with E-state index >= 15 is 0 Å². The molecule has 0 nitrogen and oxygen atoms in total. The standard InChI is InChI=1S/C11H17Cl/c1-8(2)4-11(7-12)5-9-3-10(9)6-11/h9-10H,1,3-7H2,2H3. The lowest BCUT2D eigenvalue weighted by Gasteiger charge is -2.28. The van der Waals surface area contributed by atoms with Crippen molar-refractivity contribution in [2.45, 2.75) is 32.6 Å². The molecule has 2 fully saturated rings. The molecule has 2 unspecified atom stereocenters. The Bertz CT molecular complexity index is 197. The van der Waals surface area contributed by atoms with Crippen LogP contribution in [0.2, 0.25) is 0 Å². The van der Waals surface area contributed by atoms with Crippen LogP contribution in [-0.2, 0) is 0 Å². The monoisotopic (exact) mass is 184 g/mol. The third-order valence-electron chi connectivity index (χ3n) is 3.42. The first kappa shape index (κ1) is 8.62. The molecule has 0 aromatic heterocycles. The predicted molar refractivity (Wildman–Crippen MR) is 53.4 cm³/mol. The Morgan fingerprint density at radius 2 is 2.08 bits per heavy atom. The van der Waals surface area contributed by atoms with Gasteiger partial charge in [-0.2, -0.15) is 0 Å². The van der Waals surface area contributed by atoms with E-state index < -0.39 is 0 Å². The largest absolute Gasteiger partial charge is 0.126 e. The minimum absolute atomic E-state index is 0.445. The molecule has 2 saturated carbocycles. The van der Waals surface area contributed by atoms with E-state index in [0.717, 1.165) is 24.1 Å². The molecule has 12 heavy (non-hydrogen) atoms. The molecular weight excluding hydrogens is 168 g/mol. The van der Waals surface area contributed by atoms with E-state index in [2.05, 4.69) is 13.5 Å². The van der Waals surface area contributed by atoms with Crippen molar-refractivity contribution in [1.29, 1.82) is 0 Å². The Hall–Kier alpha value is 0.0300. The Morgan fingerprint density at radius 1 is 1.50 bits per heavy atom. The maximum absolute atomic E-state index is 6.05. The van der Waals surface area contributed by atoms with Crippen LogP contribution in [0.1, 0.15) is 32.6 Å². The lowest BCUT2D eigenvalue weighted by molar-refractivity contribution is 0.303. The van der Waals surface area contributed by atoms with Crippen LogP contribution in [0.25, 0.3) is 0 Å². The van der Waals surface area contributed by atoms with E-state index in [1.54, 1.807) is 0 Å². The maximum Gasteiger partial charge on any atom is 0.0283 e. The van der Waals surface area contributed by atoms with Crippen LogP contribution < -0.4 is 0 Å². The Kier molecular flexibility index (Phi) is 1.99. The fraction of sp³-hybridized carbons (Fsp3) is 0.818. The van der Waals surface area contributed by atoms with Crippen LogP contribution in [-0.4, -0.2) is 5.88 Å². The average Bonchev–Trinajstić information content (AvgIpc) is 2.59. The highest BCUT2D eigenvalue weighted by molar-refractivity contribution is 6.18. The second-order valence-corrected chi connectivity index (χ2v) is 5.20. The van der Waals surface area contributed by atoms with Gasteiger partial charge < -0.3 is 0 Å². The molecule has 0 aromatic rings. The van der Waals surface area contributed by atoms with Crippen LogP contribution in [0.4, 0.5) is 0 Å². The fourth-order valence-electron chi connectivity index (χ4n) is 2.95. The molecular formula is C11H17Cl. The summed E-state index contributed by atoms with van der Waals surface area (Å²) in [6.07, 6.45) is 5.38. The molecule has 68 valence electrons. The molecule has 1 heteroatoms. The van der Waals surface area contributed by atoms with Crippen molar-refractivity contribution in [2.75, 3.05) is 5.88 Å². The molecule has 0 aromatic carbocycles. The van der Waals surface area contributed by atoms with Gasteiger partial charge in [-0.3, -0.25) is 0 Å². The van der Waals surface area contributed by atoms with Crippen LogP contribution in [0.5, 0.6) is 0 Å². The zero-order valence-corrected chi connectivity index (χ0v) is 8.53. The summed E-state index contributed by atoms with van der Waals surface area (Å²) < 4.78 is 0. The van der Waals surface area contributed by atoms with Gasteiger partial charge in [0.25, 0.3) is 0 Å². The zero-order valence-electron chi connectivity index (χ0n) is 7.78. The van der Waals surface area contributed by atoms with Crippen LogP contribution in [0, 0.1) is 17.3 Å². The Labute approximate surface area is 80.0 Å². The van der Waals surface area contributed by atoms with Crippen molar-refractivity contribution in [3.63, 3.8) is 0 Å². The number of alkyl halides is 1. The first-order valence-corrected chi connectivity index (χ1v) is 5.39. The average molecular weight is 185 g/mol. The quantitative estimate of drug-likeness (QED) is 0.465. The summed E-state index contributed by atoms with van der Waals surface area (Å²) in [7, 11) is 0. The van der Waals surface area contributed by atoms with Gasteiger partial charge in [-0.25, -0.2) is 0 Å². The van der Waals surface area contributed by atoms with Crippen LogP contribution in [0.3, 0.4) is 0 Å². The molecule has 2 rings (SSSR count). The minimum atomic E-state index is 0.445. The number of hydrogen-bond acceptors (Lipinski definition) is 0. The molecule has 0 N–H and O–H groups in total. The highest BCUT2D eigenvalue weighted by Gasteiger charge is 2.52. The van der Waals surface area contributed by atoms with Gasteiger partial charge in [-0.1, -0.05) is 5.57 Å². The second-order valence-electron chi connectivity index (χ2n) is 4.93. The zero-order chi connectivity index (χ0) is 8.77. The van der Waals surface area contributed by atoms with Crippen LogP contribution >= 0.6 is 11.6 Å². The van der Waals surface area contributed by atoms with Crippen LogP contribution in [0.15, 0.2) is 12.2 Å². The topological polar surface area (TPSA) is 0 Å². The highest BCUT2D eigenvalue weighted by Crippen LogP contribution is 2.61. The van der Waals surface area contributed by atoms with E-state index in [1.807, 2.05) is 0 Å². The predicted octanol–water partition coefficient (Wildman–Crippen LogP) is 3.61. The molecule has 0 spiro atoms. The van der Waals surface area contributed by atoms with Gasteiger partial charge in [-0.15, -0.1) is 18.2 Å². The summed E-state index contributed by atoms with van der Waals surface area (Å²) in [5.41, 5.74) is 1.75. The molecule has 0 heterocycles. The number of rotatable bonds is 3. The summed E-state index contributed by atoms with van der Waals surface area (Å²) in [6, 6.07) is 0. The van der Waals surface area contributed by atoms with E-state index in [9.17, 15) is 0 Å². The number of fused-ring (bicyclic) bond motifs is 1. The summed E-state index contributed by atoms with van der Waals surface area (Å²) in [6.45, 7) is 6.12. The third-order valence-corrected chi connectivity index (χ3v) is 3.99. The molecule has 0 saturated heterocycles. The van der Waals surface area contributed by atoms with Gasteiger partial charge in [0.1, 0.15) is 0 Å². The van der Waals surface area contributed by atoms with E-state index in [-0.39, 0.29) is 0 Å². The third kappa shape index (κ3) is 1.42. The van der Waals surface area contributed by atoms with E-state index in [1.165, 1.54) is 24.8 Å². The first-order valence-electron chi connectivity index (χ1n) is 4.85. The highest BCUT2D eigenvalue weighted by atomic mass is 35.5. The molecule has 2 atom stereocenters. The molecule has 0 aliphatic heterocycles. The van der Waals surface area contributed by atoms with Crippen molar-refractivity contribution in [3.8, 4) is 0 Å². The Balaban J connectivity index is 2.00. The lowest BCUT2D eigenvalue weighted by Crippen LogP contribution is -2.21. The van der Waals surface area contributed by atoms with E-state index in [0.29, 0.717) is 5.41 Å². The summed E-state index contributed by atoms with van der Waals surface area (Å²) in [5, 5.41) is 0. The van der Waals surface area contributed by atoms with E-state index in [4.69, 9.17) is 11.6 Å².